The molecule has 1 heteroatoms. The van der Waals surface area contributed by atoms with Gasteiger partial charge in [-0.3, -0.25) is 0 Å². The van der Waals surface area contributed by atoms with Crippen LogP contribution in [0.4, 0.5) is 0 Å². The van der Waals surface area contributed by atoms with E-state index in [-0.39, 0.29) is 0 Å². The van der Waals surface area contributed by atoms with Crippen LogP contribution in [0.3, 0.4) is 0 Å². The van der Waals surface area contributed by atoms with Crippen LogP contribution >= 0.6 is 0 Å². The maximum absolute atomic E-state index is 3.42. The third-order valence-electron chi connectivity index (χ3n) is 7.31. The summed E-state index contributed by atoms with van der Waals surface area (Å²) in [6.45, 7) is 13.1. The van der Waals surface area contributed by atoms with Crippen molar-refractivity contribution in [2.75, 3.05) is 0 Å². The second kappa shape index (κ2) is 15.9. The van der Waals surface area contributed by atoms with Gasteiger partial charge in [0.15, 0.2) is 0 Å². The Kier molecular flexibility index (Phi) is 12.3. The van der Waals surface area contributed by atoms with Crippen LogP contribution in [0.15, 0.2) is 97.1 Å². The summed E-state index contributed by atoms with van der Waals surface area (Å²) in [5.74, 6) is 0.534. The molecule has 4 aromatic rings. The molecule has 0 aliphatic heterocycles. The lowest BCUT2D eigenvalue weighted by atomic mass is 9.81. The van der Waals surface area contributed by atoms with E-state index in [2.05, 4.69) is 125 Å². The van der Waals surface area contributed by atoms with Gasteiger partial charge in [-0.25, -0.2) is 0 Å². The number of hydrogen-bond donors (Lipinski definition) is 1. The van der Waals surface area contributed by atoms with Crippen molar-refractivity contribution in [2.24, 2.45) is 0 Å². The van der Waals surface area contributed by atoms with Gasteiger partial charge in [0, 0.05) is 19.0 Å². The van der Waals surface area contributed by atoms with E-state index in [0.717, 1.165) is 13.1 Å². The summed E-state index contributed by atoms with van der Waals surface area (Å²) < 4.78 is 0. The first kappa shape index (κ1) is 29.4. The van der Waals surface area contributed by atoms with Crippen molar-refractivity contribution < 1.29 is 0 Å². The van der Waals surface area contributed by atoms with Crippen LogP contribution < -0.4 is 5.32 Å². The third-order valence-corrected chi connectivity index (χ3v) is 7.31. The van der Waals surface area contributed by atoms with E-state index >= 15 is 0 Å². The monoisotopic (exact) mass is 505 g/mol. The fraction of sp³-hybridized carbons (Fsp3) is 0.351. The molecule has 0 amide bonds. The van der Waals surface area contributed by atoms with Crippen LogP contribution in [0.25, 0.3) is 0 Å². The van der Waals surface area contributed by atoms with Crippen LogP contribution in [0.5, 0.6) is 0 Å². The quantitative estimate of drug-likeness (QED) is 0.200. The molecule has 0 bridgehead atoms. The van der Waals surface area contributed by atoms with E-state index in [1.54, 1.807) is 0 Å². The lowest BCUT2D eigenvalue weighted by Crippen LogP contribution is -2.12. The van der Waals surface area contributed by atoms with Crippen LogP contribution in [0.2, 0.25) is 0 Å². The van der Waals surface area contributed by atoms with Crippen molar-refractivity contribution in [2.45, 2.75) is 85.7 Å². The van der Waals surface area contributed by atoms with E-state index in [4.69, 9.17) is 0 Å². The molecule has 0 saturated carbocycles. The SMILES string of the molecule is CCCCCCC(c1cc(C)ccc1C)c1cc(C)ccc1C.c1ccc(CNCc2ccccc2)cc1. The van der Waals surface area contributed by atoms with Crippen molar-refractivity contribution in [1.29, 1.82) is 0 Å². The molecule has 38 heavy (non-hydrogen) atoms. The maximum atomic E-state index is 3.42. The van der Waals surface area contributed by atoms with Crippen molar-refractivity contribution in [3.8, 4) is 0 Å². The van der Waals surface area contributed by atoms with Crippen LogP contribution in [0, 0.1) is 27.7 Å². The molecule has 0 spiro atoms. The first-order valence-electron chi connectivity index (χ1n) is 14.4. The highest BCUT2D eigenvalue weighted by molar-refractivity contribution is 5.43. The summed E-state index contributed by atoms with van der Waals surface area (Å²) in [5, 5.41) is 3.42. The highest BCUT2D eigenvalue weighted by atomic mass is 14.8. The molecule has 1 nitrogen and oxygen atoms in total. The van der Waals surface area contributed by atoms with E-state index in [9.17, 15) is 0 Å². The second-order valence-corrected chi connectivity index (χ2v) is 10.7. The second-order valence-electron chi connectivity index (χ2n) is 10.7. The molecule has 200 valence electrons. The van der Waals surface area contributed by atoms with Gasteiger partial charge in [0.25, 0.3) is 0 Å². The largest absolute Gasteiger partial charge is 0.309 e. The minimum atomic E-state index is 0.534. The molecular weight excluding hydrogens is 458 g/mol. The zero-order valence-corrected chi connectivity index (χ0v) is 24.3. The molecule has 0 fully saturated rings. The van der Waals surface area contributed by atoms with Gasteiger partial charge in [0.2, 0.25) is 0 Å². The molecule has 0 aliphatic carbocycles. The normalized spacial score (nSPS) is 10.8. The van der Waals surface area contributed by atoms with Gasteiger partial charge in [0.05, 0.1) is 0 Å². The minimum absolute atomic E-state index is 0.534. The highest BCUT2D eigenvalue weighted by Crippen LogP contribution is 2.35. The zero-order valence-electron chi connectivity index (χ0n) is 24.3. The predicted molar refractivity (Wildman–Crippen MR) is 166 cm³/mol. The molecule has 0 aromatic heterocycles. The summed E-state index contributed by atoms with van der Waals surface area (Å²) in [5.41, 5.74) is 11.3. The fourth-order valence-corrected chi connectivity index (χ4v) is 5.07. The number of aryl methyl sites for hydroxylation is 4. The predicted octanol–water partition coefficient (Wildman–Crippen LogP) is 10.00. The van der Waals surface area contributed by atoms with Crippen LogP contribution in [-0.4, -0.2) is 0 Å². The number of benzene rings is 4. The summed E-state index contributed by atoms with van der Waals surface area (Å²) in [7, 11) is 0. The highest BCUT2D eigenvalue weighted by Gasteiger charge is 2.18. The van der Waals surface area contributed by atoms with Gasteiger partial charge in [-0.1, -0.05) is 141 Å². The van der Waals surface area contributed by atoms with Gasteiger partial charge in [-0.05, 0) is 67.5 Å². The average molecular weight is 506 g/mol. The van der Waals surface area contributed by atoms with Gasteiger partial charge in [-0.2, -0.15) is 0 Å². The molecular formula is C37H47N. The van der Waals surface area contributed by atoms with E-state index in [0.29, 0.717) is 5.92 Å². The minimum Gasteiger partial charge on any atom is -0.309 e. The summed E-state index contributed by atoms with van der Waals surface area (Å²) in [6.07, 6.45) is 6.58. The topological polar surface area (TPSA) is 12.0 Å². The number of nitrogens with one attached hydrogen (secondary N) is 1. The number of hydrogen-bond acceptors (Lipinski definition) is 1. The average Bonchev–Trinajstić information content (AvgIpc) is 2.93. The molecule has 0 unspecified atom stereocenters. The molecule has 1 N–H and O–H groups in total. The third kappa shape index (κ3) is 9.62. The summed E-state index contributed by atoms with van der Waals surface area (Å²) in [6, 6.07) is 34.8. The Morgan fingerprint density at radius 3 is 1.47 bits per heavy atom. The Labute approximate surface area is 232 Å². The van der Waals surface area contributed by atoms with E-state index in [1.165, 1.54) is 76.6 Å². The van der Waals surface area contributed by atoms with Crippen molar-refractivity contribution in [3.05, 3.63) is 142 Å². The Hall–Kier alpha value is -3.16. The van der Waals surface area contributed by atoms with Gasteiger partial charge in [-0.15, -0.1) is 0 Å². The Morgan fingerprint density at radius 1 is 0.553 bits per heavy atom. The first-order valence-corrected chi connectivity index (χ1v) is 14.4. The zero-order chi connectivity index (χ0) is 27.2. The van der Waals surface area contributed by atoms with E-state index in [1.807, 2.05) is 12.1 Å². The Morgan fingerprint density at radius 2 is 1.03 bits per heavy atom. The molecule has 0 aliphatic rings. The number of unbranched alkanes of at least 4 members (excludes halogenated alkanes) is 3. The van der Waals surface area contributed by atoms with Crippen molar-refractivity contribution in [1.82, 2.24) is 5.32 Å². The Bertz CT molecular complexity index is 1120. The molecule has 0 saturated heterocycles. The molecule has 4 aromatic carbocycles. The standard InChI is InChI=1S/C23H32.C14H15N/c1-6-7-8-9-10-21(22-15-17(2)11-13-19(22)4)23-16-18(3)12-14-20(23)5;1-3-7-13(8-4-1)11-15-12-14-9-5-2-6-10-14/h11-16,21H,6-10H2,1-5H3;1-10,15H,11-12H2. The maximum Gasteiger partial charge on any atom is 0.0208 e. The van der Waals surface area contributed by atoms with Gasteiger partial charge < -0.3 is 5.32 Å². The van der Waals surface area contributed by atoms with Crippen molar-refractivity contribution in [3.63, 3.8) is 0 Å². The fourth-order valence-electron chi connectivity index (χ4n) is 5.07. The summed E-state index contributed by atoms with van der Waals surface area (Å²) >= 11 is 0. The molecule has 4 rings (SSSR count). The van der Waals surface area contributed by atoms with Crippen LogP contribution in [0.1, 0.15) is 89.5 Å². The molecule has 0 atom stereocenters. The lowest BCUT2D eigenvalue weighted by molar-refractivity contribution is 0.593. The number of rotatable bonds is 11. The molecule has 0 heterocycles. The first-order chi connectivity index (χ1) is 18.5. The van der Waals surface area contributed by atoms with Crippen molar-refractivity contribution >= 4 is 0 Å². The Balaban J connectivity index is 0.000000230. The lowest BCUT2D eigenvalue weighted by Gasteiger charge is -2.23. The van der Waals surface area contributed by atoms with Crippen LogP contribution in [-0.2, 0) is 13.1 Å². The molecule has 0 radical (unpaired) electrons. The van der Waals surface area contributed by atoms with Gasteiger partial charge in [0.1, 0.15) is 0 Å². The van der Waals surface area contributed by atoms with Gasteiger partial charge >= 0.3 is 0 Å². The summed E-state index contributed by atoms with van der Waals surface area (Å²) in [4.78, 5) is 0. The van der Waals surface area contributed by atoms with E-state index < -0.39 is 0 Å². The smallest absolute Gasteiger partial charge is 0.0208 e.